The number of thiazole rings is 1. The van der Waals surface area contributed by atoms with Gasteiger partial charge in [0.15, 0.2) is 0 Å². The number of ether oxygens (including phenoxy) is 1. The third kappa shape index (κ3) is 2.81. The Labute approximate surface area is 116 Å². The highest BCUT2D eigenvalue weighted by Crippen LogP contribution is 2.22. The highest BCUT2D eigenvalue weighted by Gasteiger charge is 2.13. The van der Waals surface area contributed by atoms with E-state index in [-0.39, 0.29) is 17.5 Å². The Morgan fingerprint density at radius 3 is 2.89 bits per heavy atom. The zero-order chi connectivity index (χ0) is 13.3. The minimum absolute atomic E-state index is 0.0430. The molecule has 4 nitrogen and oxygen atoms in total. The second-order valence-electron chi connectivity index (χ2n) is 4.10. The van der Waals surface area contributed by atoms with E-state index in [9.17, 15) is 9.59 Å². The van der Waals surface area contributed by atoms with E-state index in [1.54, 1.807) is 13.8 Å². The minimum Gasteiger partial charge on any atom is -0.462 e. The van der Waals surface area contributed by atoms with Gasteiger partial charge < -0.3 is 4.74 Å². The van der Waals surface area contributed by atoms with Crippen molar-refractivity contribution in [2.45, 2.75) is 26.5 Å². The molecule has 6 heteroatoms. The van der Waals surface area contributed by atoms with Crippen molar-refractivity contribution in [1.82, 2.24) is 4.57 Å². The molecule has 0 amide bonds. The molecule has 1 heterocycles. The number of hydrogen-bond donors (Lipinski definition) is 0. The summed E-state index contributed by atoms with van der Waals surface area (Å²) in [6.07, 6.45) is -0.174. The zero-order valence-electron chi connectivity index (χ0n) is 9.97. The molecule has 0 saturated heterocycles. The molecule has 0 unspecified atom stereocenters. The highest BCUT2D eigenvalue weighted by atomic mass is 79.9. The van der Waals surface area contributed by atoms with Crippen molar-refractivity contribution < 1.29 is 9.53 Å². The number of benzene rings is 1. The van der Waals surface area contributed by atoms with Crippen molar-refractivity contribution in [1.29, 1.82) is 0 Å². The molecule has 0 atom stereocenters. The number of carbonyl (C=O) groups excluding carboxylic acids is 1. The largest absolute Gasteiger partial charge is 0.462 e. The molecule has 1 aromatic heterocycles. The van der Waals surface area contributed by atoms with E-state index in [0.29, 0.717) is 0 Å². The van der Waals surface area contributed by atoms with Gasteiger partial charge in [0.2, 0.25) is 0 Å². The third-order valence-corrected chi connectivity index (χ3v) is 3.72. The molecule has 0 saturated carbocycles. The molecule has 0 spiro atoms. The molecular weight excluding hydrogens is 318 g/mol. The molecule has 0 aliphatic rings. The molecule has 0 aliphatic heterocycles. The van der Waals surface area contributed by atoms with Crippen molar-refractivity contribution >= 4 is 43.5 Å². The lowest BCUT2D eigenvalue weighted by atomic mass is 10.3. The van der Waals surface area contributed by atoms with Crippen LogP contribution in [-0.2, 0) is 16.1 Å². The van der Waals surface area contributed by atoms with Crippen LogP contribution in [0.15, 0.2) is 27.5 Å². The number of carbonyl (C=O) groups is 1. The van der Waals surface area contributed by atoms with Crippen LogP contribution in [0.2, 0.25) is 0 Å². The fourth-order valence-electron chi connectivity index (χ4n) is 1.62. The van der Waals surface area contributed by atoms with E-state index in [1.165, 1.54) is 4.57 Å². The van der Waals surface area contributed by atoms with Crippen LogP contribution in [0.1, 0.15) is 13.8 Å². The van der Waals surface area contributed by atoms with Crippen LogP contribution in [0.25, 0.3) is 10.2 Å². The lowest BCUT2D eigenvalue weighted by Crippen LogP contribution is -2.22. The molecule has 1 aromatic carbocycles. The molecule has 2 aromatic rings. The Hall–Kier alpha value is -1.14. The molecule has 0 aliphatic carbocycles. The second kappa shape index (κ2) is 5.24. The first-order chi connectivity index (χ1) is 8.47. The summed E-state index contributed by atoms with van der Waals surface area (Å²) in [7, 11) is 0. The van der Waals surface area contributed by atoms with Crippen LogP contribution in [0.3, 0.4) is 0 Å². The van der Waals surface area contributed by atoms with Gasteiger partial charge in [-0.05, 0) is 32.0 Å². The zero-order valence-corrected chi connectivity index (χ0v) is 12.4. The molecule has 2 rings (SSSR count). The maximum Gasteiger partial charge on any atom is 0.326 e. The van der Waals surface area contributed by atoms with Crippen molar-refractivity contribution in [3.8, 4) is 0 Å². The Bertz CT molecular complexity index is 644. The van der Waals surface area contributed by atoms with Crippen LogP contribution in [-0.4, -0.2) is 16.6 Å². The summed E-state index contributed by atoms with van der Waals surface area (Å²) in [4.78, 5) is 23.3. The average molecular weight is 330 g/mol. The predicted octanol–water partition coefficient (Wildman–Crippen LogP) is 2.78. The third-order valence-electron chi connectivity index (χ3n) is 2.28. The Morgan fingerprint density at radius 2 is 2.22 bits per heavy atom. The average Bonchev–Trinajstić information content (AvgIpc) is 2.53. The summed E-state index contributed by atoms with van der Waals surface area (Å²) in [6, 6.07) is 5.53. The van der Waals surface area contributed by atoms with Gasteiger partial charge in [-0.1, -0.05) is 27.3 Å². The number of nitrogens with zero attached hydrogens (tertiary/aromatic N) is 1. The summed E-state index contributed by atoms with van der Waals surface area (Å²) >= 11 is 4.48. The lowest BCUT2D eigenvalue weighted by Gasteiger charge is -2.08. The SMILES string of the molecule is CC(C)OC(=O)Cn1c(=O)sc2cc(Br)ccc21. The van der Waals surface area contributed by atoms with Gasteiger partial charge in [0.1, 0.15) is 6.54 Å². The number of aromatic nitrogens is 1. The Morgan fingerprint density at radius 1 is 1.50 bits per heavy atom. The standard InChI is InChI=1S/C12H12BrNO3S/c1-7(2)17-11(15)6-14-9-4-3-8(13)5-10(9)18-12(14)16/h3-5,7H,6H2,1-2H3. The fraction of sp³-hybridized carbons (Fsp3) is 0.333. The van der Waals surface area contributed by atoms with Gasteiger partial charge in [0.05, 0.1) is 16.3 Å². The smallest absolute Gasteiger partial charge is 0.326 e. The van der Waals surface area contributed by atoms with Gasteiger partial charge in [-0.25, -0.2) is 0 Å². The van der Waals surface area contributed by atoms with Gasteiger partial charge >= 0.3 is 10.8 Å². The van der Waals surface area contributed by atoms with Crippen LogP contribution < -0.4 is 4.87 Å². The number of fused-ring (bicyclic) bond motifs is 1. The maximum absolute atomic E-state index is 11.8. The number of hydrogen-bond acceptors (Lipinski definition) is 4. The molecule has 0 radical (unpaired) electrons. The van der Waals surface area contributed by atoms with E-state index >= 15 is 0 Å². The van der Waals surface area contributed by atoms with Crippen LogP contribution in [0.5, 0.6) is 0 Å². The van der Waals surface area contributed by atoms with Crippen LogP contribution >= 0.6 is 27.3 Å². The molecule has 96 valence electrons. The first-order valence-electron chi connectivity index (χ1n) is 5.46. The summed E-state index contributed by atoms with van der Waals surface area (Å²) in [6.45, 7) is 3.52. The van der Waals surface area contributed by atoms with Crippen LogP contribution in [0, 0.1) is 0 Å². The molecule has 18 heavy (non-hydrogen) atoms. The number of esters is 1. The second-order valence-corrected chi connectivity index (χ2v) is 6.01. The summed E-state index contributed by atoms with van der Waals surface area (Å²) in [5, 5.41) is 0. The first kappa shape index (κ1) is 13.3. The number of halogens is 1. The van der Waals surface area contributed by atoms with Gasteiger partial charge in [-0.3, -0.25) is 14.2 Å². The molecular formula is C12H12BrNO3S. The fourth-order valence-corrected chi connectivity index (χ4v) is 3.06. The Balaban J connectivity index is 2.36. The molecule has 0 fully saturated rings. The normalized spacial score (nSPS) is 11.1. The van der Waals surface area contributed by atoms with Crippen molar-refractivity contribution in [2.24, 2.45) is 0 Å². The molecule has 0 N–H and O–H groups in total. The molecule has 0 bridgehead atoms. The summed E-state index contributed by atoms with van der Waals surface area (Å²) in [5.74, 6) is -0.394. The predicted molar refractivity (Wildman–Crippen MR) is 75.0 cm³/mol. The van der Waals surface area contributed by atoms with E-state index in [2.05, 4.69) is 15.9 Å². The van der Waals surface area contributed by atoms with Crippen molar-refractivity contribution in [3.63, 3.8) is 0 Å². The van der Waals surface area contributed by atoms with Gasteiger partial charge in [-0.15, -0.1) is 0 Å². The summed E-state index contributed by atoms with van der Waals surface area (Å²) < 4.78 is 8.25. The van der Waals surface area contributed by atoms with E-state index < -0.39 is 5.97 Å². The highest BCUT2D eigenvalue weighted by molar-refractivity contribution is 9.10. The van der Waals surface area contributed by atoms with Crippen molar-refractivity contribution in [3.05, 3.63) is 32.3 Å². The van der Waals surface area contributed by atoms with Gasteiger partial charge in [0.25, 0.3) is 0 Å². The van der Waals surface area contributed by atoms with Gasteiger partial charge in [-0.2, -0.15) is 0 Å². The quantitative estimate of drug-likeness (QED) is 0.813. The minimum atomic E-state index is -0.394. The van der Waals surface area contributed by atoms with E-state index in [4.69, 9.17) is 4.74 Å². The maximum atomic E-state index is 11.8. The van der Waals surface area contributed by atoms with E-state index in [1.807, 2.05) is 18.2 Å². The first-order valence-corrected chi connectivity index (χ1v) is 7.06. The van der Waals surface area contributed by atoms with Crippen molar-refractivity contribution in [2.75, 3.05) is 0 Å². The Kier molecular flexibility index (Phi) is 3.87. The summed E-state index contributed by atoms with van der Waals surface area (Å²) in [5.41, 5.74) is 0.758. The lowest BCUT2D eigenvalue weighted by molar-refractivity contribution is -0.148. The van der Waals surface area contributed by atoms with E-state index in [0.717, 1.165) is 26.0 Å². The number of rotatable bonds is 3. The monoisotopic (exact) mass is 329 g/mol. The van der Waals surface area contributed by atoms with Gasteiger partial charge in [0, 0.05) is 4.47 Å². The van der Waals surface area contributed by atoms with Crippen LogP contribution in [0.4, 0.5) is 0 Å². The topological polar surface area (TPSA) is 48.3 Å².